The number of carboxylic acid groups (broad SMARTS) is 1. The first-order valence-electron chi connectivity index (χ1n) is 6.39. The number of rotatable bonds is 8. The van der Waals surface area contributed by atoms with Crippen molar-refractivity contribution in [1.82, 2.24) is 9.80 Å². The summed E-state index contributed by atoms with van der Waals surface area (Å²) >= 11 is 0. The minimum atomic E-state index is -1.12. The lowest BCUT2D eigenvalue weighted by molar-refractivity contribution is -0.140. The predicted molar refractivity (Wildman–Crippen MR) is 76.2 cm³/mol. The van der Waals surface area contributed by atoms with E-state index in [1.54, 1.807) is 7.05 Å². The lowest BCUT2D eigenvalue weighted by Crippen LogP contribution is -2.44. The number of aliphatic carboxylic acids is 1. The maximum absolute atomic E-state index is 12.1. The van der Waals surface area contributed by atoms with Crippen LogP contribution in [0.1, 0.15) is 5.56 Å². The van der Waals surface area contributed by atoms with Crippen molar-refractivity contribution >= 4 is 17.8 Å². The van der Waals surface area contributed by atoms with Crippen LogP contribution in [0, 0.1) is 0 Å². The third-order valence-electron chi connectivity index (χ3n) is 2.79. The van der Waals surface area contributed by atoms with E-state index in [1.807, 2.05) is 30.3 Å². The Hall–Kier alpha value is -2.41. The molecule has 0 spiro atoms. The highest BCUT2D eigenvalue weighted by Gasteiger charge is 2.18. The molecule has 0 fully saturated rings. The largest absolute Gasteiger partial charge is 0.480 e. The van der Waals surface area contributed by atoms with Gasteiger partial charge in [-0.05, 0) is 5.56 Å². The van der Waals surface area contributed by atoms with Gasteiger partial charge in [0.2, 0.25) is 11.8 Å². The molecular weight excluding hydrogens is 274 g/mol. The number of hydrogen-bond donors (Lipinski definition) is 2. The molecule has 2 amide bonds. The molecule has 3 N–H and O–H groups in total. The number of primary amides is 1. The highest BCUT2D eigenvalue weighted by Crippen LogP contribution is 2.03. The van der Waals surface area contributed by atoms with Gasteiger partial charge in [0.05, 0.1) is 19.6 Å². The van der Waals surface area contributed by atoms with Crippen LogP contribution in [0.25, 0.3) is 0 Å². The average molecular weight is 293 g/mol. The van der Waals surface area contributed by atoms with Crippen LogP contribution in [-0.2, 0) is 20.9 Å². The standard InChI is InChI=1S/C14H19N3O4/c1-16(7-11-5-3-2-4-6-11)13(19)9-17(8-12(15)18)10-14(20)21/h2-6H,7-10H2,1H3,(H2,15,18)(H,20,21). The maximum atomic E-state index is 12.1. The molecule has 21 heavy (non-hydrogen) atoms. The van der Waals surface area contributed by atoms with Crippen molar-refractivity contribution in [3.8, 4) is 0 Å². The zero-order valence-corrected chi connectivity index (χ0v) is 11.9. The van der Waals surface area contributed by atoms with Crippen molar-refractivity contribution in [2.75, 3.05) is 26.7 Å². The van der Waals surface area contributed by atoms with E-state index in [-0.39, 0.29) is 19.0 Å². The van der Waals surface area contributed by atoms with Gasteiger partial charge < -0.3 is 15.7 Å². The molecule has 7 nitrogen and oxygen atoms in total. The van der Waals surface area contributed by atoms with E-state index in [9.17, 15) is 14.4 Å². The monoisotopic (exact) mass is 293 g/mol. The summed E-state index contributed by atoms with van der Waals surface area (Å²) in [7, 11) is 1.62. The number of carbonyl (C=O) groups is 3. The summed E-state index contributed by atoms with van der Waals surface area (Å²) in [5, 5.41) is 8.76. The smallest absolute Gasteiger partial charge is 0.317 e. The van der Waals surface area contributed by atoms with Gasteiger partial charge in [-0.25, -0.2) is 0 Å². The molecule has 0 saturated carbocycles. The molecule has 0 aliphatic heterocycles. The van der Waals surface area contributed by atoms with Gasteiger partial charge in [-0.15, -0.1) is 0 Å². The highest BCUT2D eigenvalue weighted by atomic mass is 16.4. The summed E-state index contributed by atoms with van der Waals surface area (Å²) < 4.78 is 0. The van der Waals surface area contributed by atoms with E-state index in [4.69, 9.17) is 10.8 Å². The summed E-state index contributed by atoms with van der Waals surface area (Å²) in [4.78, 5) is 36.4. The van der Waals surface area contributed by atoms with Crippen LogP contribution in [-0.4, -0.2) is 59.4 Å². The van der Waals surface area contributed by atoms with Gasteiger partial charge in [-0.2, -0.15) is 0 Å². The van der Waals surface area contributed by atoms with E-state index in [0.717, 1.165) is 5.56 Å². The number of benzene rings is 1. The van der Waals surface area contributed by atoms with Gasteiger partial charge >= 0.3 is 5.97 Å². The summed E-state index contributed by atoms with van der Waals surface area (Å²) in [5.41, 5.74) is 6.01. The summed E-state index contributed by atoms with van der Waals surface area (Å²) in [6, 6.07) is 9.41. The molecule has 0 aromatic heterocycles. The van der Waals surface area contributed by atoms with Crippen molar-refractivity contribution in [3.63, 3.8) is 0 Å². The van der Waals surface area contributed by atoms with Crippen molar-refractivity contribution in [2.24, 2.45) is 5.73 Å². The molecule has 7 heteroatoms. The van der Waals surface area contributed by atoms with Gasteiger partial charge in [0, 0.05) is 13.6 Å². The number of nitrogens with zero attached hydrogens (tertiary/aromatic N) is 2. The van der Waals surface area contributed by atoms with Gasteiger partial charge in [0.15, 0.2) is 0 Å². The summed E-state index contributed by atoms with van der Waals surface area (Å²) in [6.07, 6.45) is 0. The zero-order chi connectivity index (χ0) is 15.8. The van der Waals surface area contributed by atoms with Crippen molar-refractivity contribution in [1.29, 1.82) is 0 Å². The second-order valence-electron chi connectivity index (χ2n) is 4.74. The highest BCUT2D eigenvalue weighted by molar-refractivity contribution is 5.81. The van der Waals surface area contributed by atoms with Crippen molar-refractivity contribution in [2.45, 2.75) is 6.54 Å². The van der Waals surface area contributed by atoms with E-state index in [2.05, 4.69) is 0 Å². The topological polar surface area (TPSA) is 104 Å². The zero-order valence-electron chi connectivity index (χ0n) is 11.9. The molecule has 0 unspecified atom stereocenters. The Kier molecular flexibility index (Phi) is 6.35. The number of carbonyl (C=O) groups excluding carboxylic acids is 2. The average Bonchev–Trinajstić information content (AvgIpc) is 2.38. The maximum Gasteiger partial charge on any atom is 0.317 e. The lowest BCUT2D eigenvalue weighted by Gasteiger charge is -2.23. The van der Waals surface area contributed by atoms with Crippen molar-refractivity contribution in [3.05, 3.63) is 35.9 Å². The SMILES string of the molecule is CN(Cc1ccccc1)C(=O)CN(CC(N)=O)CC(=O)O. The molecule has 0 atom stereocenters. The minimum absolute atomic E-state index is 0.168. The van der Waals surface area contributed by atoms with Crippen LogP contribution in [0.15, 0.2) is 30.3 Å². The molecule has 0 saturated heterocycles. The van der Waals surface area contributed by atoms with Gasteiger partial charge in [-0.1, -0.05) is 30.3 Å². The molecule has 0 aliphatic rings. The fourth-order valence-corrected chi connectivity index (χ4v) is 1.84. The first-order valence-corrected chi connectivity index (χ1v) is 6.39. The third-order valence-corrected chi connectivity index (χ3v) is 2.79. The number of nitrogens with two attached hydrogens (primary N) is 1. The van der Waals surface area contributed by atoms with Gasteiger partial charge in [-0.3, -0.25) is 19.3 Å². The molecule has 0 bridgehead atoms. The van der Waals surface area contributed by atoms with Crippen LogP contribution < -0.4 is 5.73 Å². The number of likely N-dealkylation sites (N-methyl/N-ethyl adjacent to an activating group) is 1. The number of hydrogen-bond acceptors (Lipinski definition) is 4. The van der Waals surface area contributed by atoms with Gasteiger partial charge in [0.25, 0.3) is 0 Å². The quantitative estimate of drug-likeness (QED) is 0.673. The van der Waals surface area contributed by atoms with Crippen molar-refractivity contribution < 1.29 is 19.5 Å². The molecule has 1 aromatic rings. The first-order chi connectivity index (χ1) is 9.88. The van der Waals surface area contributed by atoms with Crippen LogP contribution in [0.4, 0.5) is 0 Å². The molecule has 0 heterocycles. The lowest BCUT2D eigenvalue weighted by atomic mass is 10.2. The fourth-order valence-electron chi connectivity index (χ4n) is 1.84. The van der Waals surface area contributed by atoms with Crippen LogP contribution >= 0.6 is 0 Å². The normalized spacial score (nSPS) is 10.4. The Bertz CT molecular complexity index is 488. The van der Waals surface area contributed by atoms with Gasteiger partial charge in [0.1, 0.15) is 0 Å². The minimum Gasteiger partial charge on any atom is -0.480 e. The number of amides is 2. The Morgan fingerprint density at radius 2 is 1.71 bits per heavy atom. The Morgan fingerprint density at radius 1 is 1.10 bits per heavy atom. The first kappa shape index (κ1) is 16.6. The molecule has 1 rings (SSSR count). The Labute approximate surface area is 122 Å². The van der Waals surface area contributed by atoms with Crippen LogP contribution in [0.5, 0.6) is 0 Å². The van der Waals surface area contributed by atoms with Crippen LogP contribution in [0.2, 0.25) is 0 Å². The van der Waals surface area contributed by atoms with Crippen LogP contribution in [0.3, 0.4) is 0 Å². The Morgan fingerprint density at radius 3 is 2.24 bits per heavy atom. The number of carboxylic acids is 1. The summed E-state index contributed by atoms with van der Waals surface area (Å²) in [5.74, 6) is -2.06. The fraction of sp³-hybridized carbons (Fsp3) is 0.357. The summed E-state index contributed by atoms with van der Waals surface area (Å²) in [6.45, 7) is -0.430. The molecule has 1 aromatic carbocycles. The van der Waals surface area contributed by atoms with E-state index in [1.165, 1.54) is 9.80 Å². The molecule has 0 aliphatic carbocycles. The molecular formula is C14H19N3O4. The molecule has 0 radical (unpaired) electrons. The predicted octanol–water partition coefficient (Wildman–Crippen LogP) is -0.483. The Balaban J connectivity index is 2.59. The second kappa shape index (κ2) is 8.01. The van der Waals surface area contributed by atoms with E-state index in [0.29, 0.717) is 6.54 Å². The van der Waals surface area contributed by atoms with E-state index < -0.39 is 18.4 Å². The van der Waals surface area contributed by atoms with E-state index >= 15 is 0 Å². The second-order valence-corrected chi connectivity index (χ2v) is 4.74. The molecule has 114 valence electrons. The third kappa shape index (κ3) is 6.53.